The van der Waals surface area contributed by atoms with Gasteiger partial charge in [0.15, 0.2) is 8.07 Å². The summed E-state index contributed by atoms with van der Waals surface area (Å²) in [5.74, 6) is 0. The highest BCUT2D eigenvalue weighted by atomic mass is 28.3. The SMILES string of the molecule is Cc1ccc([Si](c2ccccc2)(c2ccccc2)c2ccc(-c3ccc(/C(=C\c4ccc(-c5ccc(/C=C(\c6ccccc6)c6ccc(-c7ccc8c(c7)C(C)(C)c7cc(C)ccc7-8)cc6)cc5)cc4)c4ccccc4)cc3)cc2)cc1. The minimum atomic E-state index is -2.63. The molecule has 0 aromatic heterocycles. The first-order valence-corrected chi connectivity index (χ1v) is 30.7. The van der Waals surface area contributed by atoms with Gasteiger partial charge in [-0.15, -0.1) is 0 Å². The van der Waals surface area contributed by atoms with Gasteiger partial charge in [0.2, 0.25) is 0 Å². The Balaban J connectivity index is 0.749. The first-order valence-electron chi connectivity index (χ1n) is 28.7. The number of hydrogen-bond donors (Lipinski definition) is 0. The molecule has 82 heavy (non-hydrogen) atoms. The molecule has 0 aliphatic heterocycles. The Labute approximate surface area is 485 Å². The lowest BCUT2D eigenvalue weighted by Gasteiger charge is -2.34. The zero-order valence-corrected chi connectivity index (χ0v) is 48.0. The van der Waals surface area contributed by atoms with E-state index >= 15 is 0 Å². The highest BCUT2D eigenvalue weighted by Crippen LogP contribution is 2.50. The number of benzene rings is 12. The molecule has 0 heterocycles. The van der Waals surface area contributed by atoms with Gasteiger partial charge in [0, 0.05) is 5.41 Å². The molecular weight excluding hydrogens is 1000 g/mol. The van der Waals surface area contributed by atoms with Gasteiger partial charge in [0.1, 0.15) is 0 Å². The van der Waals surface area contributed by atoms with Gasteiger partial charge < -0.3 is 0 Å². The van der Waals surface area contributed by atoms with Crippen LogP contribution in [0.4, 0.5) is 0 Å². The predicted molar refractivity (Wildman–Crippen MR) is 353 cm³/mol. The minimum Gasteiger partial charge on any atom is -0.0623 e. The van der Waals surface area contributed by atoms with Crippen molar-refractivity contribution in [1.29, 1.82) is 0 Å². The lowest BCUT2D eigenvalue weighted by Crippen LogP contribution is -2.74. The van der Waals surface area contributed by atoms with Crippen LogP contribution >= 0.6 is 0 Å². The van der Waals surface area contributed by atoms with Crippen molar-refractivity contribution in [3.8, 4) is 44.5 Å². The topological polar surface area (TPSA) is 0 Å². The van der Waals surface area contributed by atoms with E-state index in [0.29, 0.717) is 0 Å². The molecule has 1 aliphatic carbocycles. The van der Waals surface area contributed by atoms with Crippen LogP contribution in [0.5, 0.6) is 0 Å². The van der Waals surface area contributed by atoms with Crippen molar-refractivity contribution in [1.82, 2.24) is 0 Å². The second kappa shape index (κ2) is 22.1. The minimum absolute atomic E-state index is 0.0436. The van der Waals surface area contributed by atoms with Crippen LogP contribution in [0.2, 0.25) is 0 Å². The molecule has 0 N–H and O–H groups in total. The molecule has 0 saturated carbocycles. The maximum atomic E-state index is 2.41. The van der Waals surface area contributed by atoms with Crippen molar-refractivity contribution in [2.75, 3.05) is 0 Å². The fourth-order valence-corrected chi connectivity index (χ4v) is 17.3. The van der Waals surface area contributed by atoms with Crippen LogP contribution in [0.15, 0.2) is 303 Å². The average Bonchev–Trinajstić information content (AvgIpc) is 3.52. The third-order valence-corrected chi connectivity index (χ3v) is 21.8. The molecule has 0 bridgehead atoms. The summed E-state index contributed by atoms with van der Waals surface area (Å²) in [6, 6.07) is 113. The summed E-state index contributed by atoms with van der Waals surface area (Å²) in [7, 11) is -2.63. The monoisotopic (exact) mass is 1060 g/mol. The van der Waals surface area contributed by atoms with Crippen LogP contribution in [0.25, 0.3) is 67.8 Å². The van der Waals surface area contributed by atoms with Crippen molar-refractivity contribution < 1.29 is 0 Å². The molecule has 0 spiro atoms. The summed E-state index contributed by atoms with van der Waals surface area (Å²) in [5, 5.41) is 5.51. The molecule has 0 unspecified atom stereocenters. The Hall–Kier alpha value is -9.66. The first-order chi connectivity index (χ1) is 40.2. The fraction of sp³-hybridized carbons (Fsp3) is 0.0617. The van der Waals surface area contributed by atoms with Crippen LogP contribution in [0.3, 0.4) is 0 Å². The van der Waals surface area contributed by atoms with Gasteiger partial charge in [0.25, 0.3) is 0 Å². The van der Waals surface area contributed by atoms with Crippen molar-refractivity contribution in [3.05, 3.63) is 359 Å². The number of rotatable bonds is 13. The normalized spacial score (nSPS) is 12.9. The molecule has 392 valence electrons. The molecule has 0 saturated heterocycles. The number of aryl methyl sites for hydroxylation is 2. The number of fused-ring (bicyclic) bond motifs is 3. The molecule has 12 aromatic carbocycles. The molecule has 0 amide bonds. The second-order valence-electron chi connectivity index (χ2n) is 22.6. The Morgan fingerprint density at radius 1 is 0.280 bits per heavy atom. The van der Waals surface area contributed by atoms with E-state index < -0.39 is 8.07 Å². The van der Waals surface area contributed by atoms with Crippen LogP contribution in [0.1, 0.15) is 69.5 Å². The van der Waals surface area contributed by atoms with Gasteiger partial charge in [0.05, 0.1) is 0 Å². The Morgan fingerprint density at radius 3 is 1.02 bits per heavy atom. The quantitative estimate of drug-likeness (QED) is 0.0613. The second-order valence-corrected chi connectivity index (χ2v) is 26.4. The summed E-state index contributed by atoms with van der Waals surface area (Å²) in [6.07, 6.45) is 4.65. The average molecular weight is 1070 g/mol. The largest absolute Gasteiger partial charge is 0.179 e. The van der Waals surface area contributed by atoms with E-state index in [9.17, 15) is 0 Å². The highest BCUT2D eigenvalue weighted by molar-refractivity contribution is 7.19. The molecule has 0 fully saturated rings. The van der Waals surface area contributed by atoms with Crippen LogP contribution in [-0.4, -0.2) is 8.07 Å². The molecular formula is C81H64Si. The summed E-state index contributed by atoms with van der Waals surface area (Å²) in [5.41, 5.74) is 24.7. The van der Waals surface area contributed by atoms with Gasteiger partial charge in [-0.2, -0.15) is 0 Å². The maximum Gasteiger partial charge on any atom is 0.179 e. The lowest BCUT2D eigenvalue weighted by molar-refractivity contribution is 0.660. The van der Waals surface area contributed by atoms with E-state index in [2.05, 4.69) is 343 Å². The Kier molecular flexibility index (Phi) is 14.0. The van der Waals surface area contributed by atoms with Crippen LogP contribution in [0, 0.1) is 13.8 Å². The molecule has 0 radical (unpaired) electrons. The zero-order valence-electron chi connectivity index (χ0n) is 47.0. The first kappa shape index (κ1) is 51.8. The van der Waals surface area contributed by atoms with E-state index in [0.717, 1.165) is 11.1 Å². The summed E-state index contributed by atoms with van der Waals surface area (Å²) in [6.45, 7) is 9.09. The highest BCUT2D eigenvalue weighted by Gasteiger charge is 2.41. The third kappa shape index (κ3) is 9.95. The van der Waals surface area contributed by atoms with E-state index in [1.54, 1.807) is 0 Å². The smallest absolute Gasteiger partial charge is 0.0623 e. The van der Waals surface area contributed by atoms with Crippen LogP contribution < -0.4 is 20.7 Å². The van der Waals surface area contributed by atoms with Crippen LogP contribution in [-0.2, 0) is 5.41 Å². The molecule has 1 aliphatic rings. The van der Waals surface area contributed by atoms with E-state index in [-0.39, 0.29) is 5.41 Å². The lowest BCUT2D eigenvalue weighted by atomic mass is 9.81. The van der Waals surface area contributed by atoms with Crippen molar-refractivity contribution in [3.63, 3.8) is 0 Å². The molecule has 0 nitrogen and oxygen atoms in total. The number of hydrogen-bond acceptors (Lipinski definition) is 0. The van der Waals surface area contributed by atoms with E-state index in [4.69, 9.17) is 0 Å². The zero-order chi connectivity index (χ0) is 55.6. The van der Waals surface area contributed by atoms with Crippen molar-refractivity contribution in [2.24, 2.45) is 0 Å². The van der Waals surface area contributed by atoms with E-state index in [1.807, 2.05) is 0 Å². The molecule has 13 rings (SSSR count). The Morgan fingerprint density at radius 2 is 0.585 bits per heavy atom. The van der Waals surface area contributed by atoms with E-state index in [1.165, 1.54) is 121 Å². The Bertz CT molecular complexity index is 4210. The maximum absolute atomic E-state index is 2.63. The van der Waals surface area contributed by atoms with Gasteiger partial charge in [-0.25, -0.2) is 0 Å². The third-order valence-electron chi connectivity index (χ3n) is 17.1. The summed E-state index contributed by atoms with van der Waals surface area (Å²) < 4.78 is 0. The van der Waals surface area contributed by atoms with Crippen molar-refractivity contribution >= 4 is 52.1 Å². The standard InChI is InChI=1S/C81H64Si/c1-57-25-47-73(48-26-57)82(71-21-13-7-14-22-71,72-23-15-8-16-24-72)74-49-44-64(45-50-74)63-36-40-68(41-37-63)77(66-17-9-5-10-18-66)54-59-28-32-61(33-29-59)62-34-30-60(31-35-62)55-78(67-19-11-6-12-20-67)69-42-38-65(39-43-69)70-46-52-76-75-51-27-58(2)53-79(75)81(3,4)80(76)56-70/h5-56H,1-4H3/b77-54-,78-55+. The van der Waals surface area contributed by atoms with Gasteiger partial charge in [-0.05, 0) is 153 Å². The molecule has 12 aromatic rings. The molecule has 1 heteroatoms. The molecule has 0 atom stereocenters. The summed E-state index contributed by atoms with van der Waals surface area (Å²) >= 11 is 0. The fourth-order valence-electron chi connectivity index (χ4n) is 12.6. The van der Waals surface area contributed by atoms with Gasteiger partial charge >= 0.3 is 0 Å². The van der Waals surface area contributed by atoms with Gasteiger partial charge in [-0.1, -0.05) is 322 Å². The van der Waals surface area contributed by atoms with Crippen molar-refractivity contribution in [2.45, 2.75) is 33.1 Å². The predicted octanol–water partition coefficient (Wildman–Crippen LogP) is 18.2. The summed E-state index contributed by atoms with van der Waals surface area (Å²) in [4.78, 5) is 0. The van der Waals surface area contributed by atoms with Gasteiger partial charge in [-0.3, -0.25) is 0 Å².